The van der Waals surface area contributed by atoms with Crippen molar-refractivity contribution < 1.29 is 9.59 Å². The number of amidine groups is 1. The molecule has 1 heterocycles. The fraction of sp³-hybridized carbons (Fsp3) is 0.250. The third-order valence-corrected chi connectivity index (χ3v) is 3.35. The van der Waals surface area contributed by atoms with Gasteiger partial charge in [0.1, 0.15) is 0 Å². The number of nitrogens with zero attached hydrogens (tertiary/aromatic N) is 1. The van der Waals surface area contributed by atoms with E-state index in [9.17, 15) is 9.59 Å². The molecule has 2 amide bonds. The van der Waals surface area contributed by atoms with Gasteiger partial charge in [-0.15, -0.1) is 0 Å². The van der Waals surface area contributed by atoms with E-state index in [1.54, 1.807) is 0 Å². The van der Waals surface area contributed by atoms with Gasteiger partial charge in [0.05, 0.1) is 5.92 Å². The minimum atomic E-state index is -0.210. The van der Waals surface area contributed by atoms with Crippen molar-refractivity contribution in [2.75, 3.05) is 5.75 Å². The van der Waals surface area contributed by atoms with Gasteiger partial charge in [0.15, 0.2) is 5.17 Å². The van der Waals surface area contributed by atoms with Crippen LogP contribution in [0.2, 0.25) is 0 Å². The smallest absolute Gasteiger partial charge is 0.256 e. The molecule has 0 aromatic heterocycles. The summed E-state index contributed by atoms with van der Waals surface area (Å²) in [6, 6.07) is 9.56. The van der Waals surface area contributed by atoms with Crippen molar-refractivity contribution in [3.63, 3.8) is 0 Å². The van der Waals surface area contributed by atoms with Crippen LogP contribution in [0.25, 0.3) is 0 Å². The molecule has 1 aromatic carbocycles. The molecule has 0 radical (unpaired) electrons. The second kappa shape index (κ2) is 5.14. The van der Waals surface area contributed by atoms with E-state index in [0.717, 1.165) is 5.56 Å². The molecule has 17 heavy (non-hydrogen) atoms. The maximum atomic E-state index is 11.8. The highest BCUT2D eigenvalue weighted by Crippen LogP contribution is 2.26. The Labute approximate surface area is 104 Å². The van der Waals surface area contributed by atoms with Crippen LogP contribution >= 0.6 is 11.8 Å². The molecular formula is C12H12N2O2S. The summed E-state index contributed by atoms with van der Waals surface area (Å²) in [4.78, 5) is 26.6. The van der Waals surface area contributed by atoms with E-state index < -0.39 is 0 Å². The van der Waals surface area contributed by atoms with E-state index in [2.05, 4.69) is 10.3 Å². The number of amides is 2. The highest BCUT2D eigenvalue weighted by Gasteiger charge is 2.26. The Kier molecular flexibility index (Phi) is 3.58. The molecule has 0 bridgehead atoms. The van der Waals surface area contributed by atoms with Crippen LogP contribution < -0.4 is 5.32 Å². The molecule has 0 aliphatic carbocycles. The van der Waals surface area contributed by atoms with Crippen LogP contribution in [0.3, 0.4) is 0 Å². The van der Waals surface area contributed by atoms with Crippen LogP contribution in [-0.2, 0) is 9.59 Å². The van der Waals surface area contributed by atoms with Crippen molar-refractivity contribution in [2.24, 2.45) is 4.99 Å². The van der Waals surface area contributed by atoms with E-state index in [1.165, 1.54) is 18.7 Å². The predicted octanol–water partition coefficient (Wildman–Crippen LogP) is 1.54. The van der Waals surface area contributed by atoms with E-state index in [-0.39, 0.29) is 17.7 Å². The first-order valence-electron chi connectivity index (χ1n) is 5.24. The molecule has 1 N–H and O–H groups in total. The number of thioether (sulfide) groups is 1. The van der Waals surface area contributed by atoms with E-state index in [1.807, 2.05) is 30.3 Å². The molecule has 5 heteroatoms. The summed E-state index contributed by atoms with van der Waals surface area (Å²) in [7, 11) is 0. The molecule has 1 aliphatic heterocycles. The van der Waals surface area contributed by atoms with E-state index in [0.29, 0.717) is 10.9 Å². The van der Waals surface area contributed by atoms with Gasteiger partial charge in [-0.05, 0) is 5.56 Å². The molecule has 0 unspecified atom stereocenters. The first kappa shape index (κ1) is 11.9. The third-order valence-electron chi connectivity index (χ3n) is 2.38. The Balaban J connectivity index is 2.14. The number of carbonyl (C=O) groups excluding carboxylic acids is 2. The summed E-state index contributed by atoms with van der Waals surface area (Å²) >= 11 is 1.40. The first-order chi connectivity index (χ1) is 8.16. The van der Waals surface area contributed by atoms with Crippen LogP contribution in [0.5, 0.6) is 0 Å². The average molecular weight is 248 g/mol. The first-order valence-corrected chi connectivity index (χ1v) is 6.23. The summed E-state index contributed by atoms with van der Waals surface area (Å²) < 4.78 is 0. The second-order valence-electron chi connectivity index (χ2n) is 3.71. The molecule has 1 atom stereocenters. The third kappa shape index (κ3) is 2.94. The number of benzene rings is 1. The SMILES string of the molecule is CC(=O)NC1=NC(=O)[C@H](c2ccccc2)CS1. The van der Waals surface area contributed by atoms with Crippen LogP contribution in [0.1, 0.15) is 18.4 Å². The fourth-order valence-electron chi connectivity index (χ4n) is 1.58. The molecule has 88 valence electrons. The molecule has 0 saturated carbocycles. The zero-order valence-corrected chi connectivity index (χ0v) is 10.2. The molecule has 4 nitrogen and oxygen atoms in total. The van der Waals surface area contributed by atoms with Crippen LogP contribution in [0.4, 0.5) is 0 Å². The average Bonchev–Trinajstić information content (AvgIpc) is 2.29. The van der Waals surface area contributed by atoms with Crippen molar-refractivity contribution in [2.45, 2.75) is 12.8 Å². The lowest BCUT2D eigenvalue weighted by Crippen LogP contribution is -2.31. The van der Waals surface area contributed by atoms with Crippen molar-refractivity contribution in [3.05, 3.63) is 35.9 Å². The summed E-state index contributed by atoms with van der Waals surface area (Å²) in [5, 5.41) is 2.94. The van der Waals surface area contributed by atoms with Gasteiger partial charge in [-0.1, -0.05) is 42.1 Å². The number of rotatable bonds is 1. The normalized spacial score (nSPS) is 19.7. The Bertz CT molecular complexity index is 471. The van der Waals surface area contributed by atoms with Gasteiger partial charge in [0.25, 0.3) is 5.91 Å². The van der Waals surface area contributed by atoms with Crippen LogP contribution in [-0.4, -0.2) is 22.7 Å². The number of hydrogen-bond donors (Lipinski definition) is 1. The van der Waals surface area contributed by atoms with Gasteiger partial charge < -0.3 is 5.32 Å². The van der Waals surface area contributed by atoms with Gasteiger partial charge >= 0.3 is 0 Å². The van der Waals surface area contributed by atoms with E-state index >= 15 is 0 Å². The lowest BCUT2D eigenvalue weighted by Gasteiger charge is -2.19. The lowest BCUT2D eigenvalue weighted by atomic mass is 10.0. The number of hydrogen-bond acceptors (Lipinski definition) is 3. The minimum Gasteiger partial charge on any atom is -0.305 e. The number of aliphatic imine (C=N–C) groups is 1. The standard InChI is InChI=1S/C12H12N2O2S/c1-8(15)13-12-14-11(16)10(7-17-12)9-5-3-2-4-6-9/h2-6,10H,7H2,1H3,(H,13,14,15,16)/t10-/m0/s1. The van der Waals surface area contributed by atoms with Gasteiger partial charge in [0, 0.05) is 12.7 Å². The minimum absolute atomic E-state index is 0.196. The van der Waals surface area contributed by atoms with E-state index in [4.69, 9.17) is 0 Å². The van der Waals surface area contributed by atoms with Crippen molar-refractivity contribution >= 4 is 28.7 Å². The summed E-state index contributed by atoms with van der Waals surface area (Å²) in [6.45, 7) is 1.40. The molecule has 1 aromatic rings. The highest BCUT2D eigenvalue weighted by molar-refractivity contribution is 8.14. The summed E-state index contributed by atoms with van der Waals surface area (Å²) in [5.74, 6) is 0.00159. The quantitative estimate of drug-likeness (QED) is 0.820. The number of nitrogens with one attached hydrogen (secondary N) is 1. The van der Waals surface area contributed by atoms with Gasteiger partial charge in [-0.3, -0.25) is 9.59 Å². The summed E-state index contributed by atoms with van der Waals surface area (Å²) in [6.07, 6.45) is 0. The van der Waals surface area contributed by atoms with Crippen LogP contribution in [0.15, 0.2) is 35.3 Å². The Hall–Kier alpha value is -1.62. The molecule has 2 rings (SSSR count). The van der Waals surface area contributed by atoms with Crippen molar-refractivity contribution in [1.29, 1.82) is 0 Å². The zero-order valence-electron chi connectivity index (χ0n) is 9.34. The fourth-order valence-corrected chi connectivity index (χ4v) is 2.61. The lowest BCUT2D eigenvalue weighted by molar-refractivity contribution is -0.118. The highest BCUT2D eigenvalue weighted by atomic mass is 32.2. The Morgan fingerprint density at radius 2 is 2.12 bits per heavy atom. The Morgan fingerprint density at radius 3 is 2.71 bits per heavy atom. The number of carbonyl (C=O) groups is 2. The van der Waals surface area contributed by atoms with Gasteiger partial charge in [-0.25, -0.2) is 0 Å². The van der Waals surface area contributed by atoms with Crippen molar-refractivity contribution in [3.8, 4) is 0 Å². The second-order valence-corrected chi connectivity index (χ2v) is 4.72. The topological polar surface area (TPSA) is 58.5 Å². The van der Waals surface area contributed by atoms with Gasteiger partial charge in [-0.2, -0.15) is 4.99 Å². The molecular weight excluding hydrogens is 236 g/mol. The molecule has 1 aliphatic rings. The van der Waals surface area contributed by atoms with Gasteiger partial charge in [0.2, 0.25) is 5.91 Å². The predicted molar refractivity (Wildman–Crippen MR) is 67.9 cm³/mol. The molecule has 0 spiro atoms. The monoisotopic (exact) mass is 248 g/mol. The van der Waals surface area contributed by atoms with Crippen molar-refractivity contribution in [1.82, 2.24) is 5.32 Å². The molecule has 0 fully saturated rings. The maximum Gasteiger partial charge on any atom is 0.256 e. The Morgan fingerprint density at radius 1 is 1.41 bits per heavy atom. The maximum absolute atomic E-state index is 11.8. The summed E-state index contributed by atoms with van der Waals surface area (Å²) in [5.41, 5.74) is 0.968. The van der Waals surface area contributed by atoms with Crippen LogP contribution in [0, 0.1) is 0 Å². The largest absolute Gasteiger partial charge is 0.305 e. The molecule has 0 saturated heterocycles. The zero-order chi connectivity index (χ0) is 12.3.